The van der Waals surface area contributed by atoms with Crippen LogP contribution in [0.1, 0.15) is 20.3 Å². The minimum atomic E-state index is -0.456. The average molecular weight is 342 g/mol. The van der Waals surface area contributed by atoms with Crippen LogP contribution in [0.2, 0.25) is 0 Å². The van der Waals surface area contributed by atoms with E-state index in [2.05, 4.69) is 5.32 Å². The van der Waals surface area contributed by atoms with E-state index in [4.69, 9.17) is 9.47 Å². The second kappa shape index (κ2) is 9.24. The van der Waals surface area contributed by atoms with Crippen molar-refractivity contribution in [3.05, 3.63) is 21.9 Å². The van der Waals surface area contributed by atoms with Crippen LogP contribution < -0.4 is 5.32 Å². The van der Waals surface area contributed by atoms with E-state index in [1.54, 1.807) is 25.8 Å². The average Bonchev–Trinajstić information content (AvgIpc) is 2.54. The third-order valence-electron chi connectivity index (χ3n) is 3.38. The molecular weight excluding hydrogens is 320 g/mol. The number of methoxy groups -OCH3 is 1. The molecular formula is C15H22N2O5S. The maximum atomic E-state index is 12.2. The first kappa shape index (κ1) is 19.1. The number of rotatable bonds is 8. The van der Waals surface area contributed by atoms with E-state index in [0.717, 1.165) is 10.7 Å². The summed E-state index contributed by atoms with van der Waals surface area (Å²) >= 11 is 1.43. The van der Waals surface area contributed by atoms with Gasteiger partial charge >= 0.3 is 11.9 Å². The van der Waals surface area contributed by atoms with Gasteiger partial charge in [0.05, 0.1) is 29.9 Å². The largest absolute Gasteiger partial charge is 0.466 e. The second-order valence-electron chi connectivity index (χ2n) is 4.72. The van der Waals surface area contributed by atoms with Crippen LogP contribution in [0, 0.1) is 0 Å². The Kier molecular flexibility index (Phi) is 7.67. The van der Waals surface area contributed by atoms with E-state index < -0.39 is 11.9 Å². The number of amides is 1. The molecule has 0 aliphatic carbocycles. The summed E-state index contributed by atoms with van der Waals surface area (Å²) < 4.78 is 9.89. The SMILES string of the molecule is CCOC(=O)C1=C(SCCNC=O)N(C)C(C)=C(C(=O)OC)C1. The zero-order chi connectivity index (χ0) is 17.4. The van der Waals surface area contributed by atoms with Gasteiger partial charge in [0.15, 0.2) is 0 Å². The summed E-state index contributed by atoms with van der Waals surface area (Å²) in [4.78, 5) is 36.2. The predicted octanol–water partition coefficient (Wildman–Crippen LogP) is 1.02. The fourth-order valence-corrected chi connectivity index (χ4v) is 3.18. The molecule has 1 amide bonds. The fraction of sp³-hybridized carbons (Fsp3) is 0.533. The molecule has 8 heteroatoms. The zero-order valence-electron chi connectivity index (χ0n) is 13.8. The minimum Gasteiger partial charge on any atom is -0.466 e. The number of hydrogen-bond donors (Lipinski definition) is 1. The van der Waals surface area contributed by atoms with Crippen molar-refractivity contribution >= 4 is 30.1 Å². The summed E-state index contributed by atoms with van der Waals surface area (Å²) in [5.74, 6) is -0.302. The number of carbonyl (C=O) groups is 3. The Morgan fingerprint density at radius 3 is 2.61 bits per heavy atom. The van der Waals surface area contributed by atoms with Gasteiger partial charge in [0.1, 0.15) is 0 Å². The molecule has 1 aliphatic rings. The number of esters is 2. The van der Waals surface area contributed by atoms with Crippen LogP contribution >= 0.6 is 11.8 Å². The molecule has 1 rings (SSSR count). The number of nitrogens with one attached hydrogen (secondary N) is 1. The first-order chi connectivity index (χ1) is 11.0. The topological polar surface area (TPSA) is 84.9 Å². The number of carbonyl (C=O) groups excluding carboxylic acids is 3. The molecule has 0 spiro atoms. The third-order valence-corrected chi connectivity index (χ3v) is 4.58. The van der Waals surface area contributed by atoms with Gasteiger partial charge in [0.25, 0.3) is 0 Å². The maximum absolute atomic E-state index is 12.2. The summed E-state index contributed by atoms with van der Waals surface area (Å²) in [5.41, 5.74) is 1.60. The van der Waals surface area contributed by atoms with Gasteiger partial charge in [-0.05, 0) is 13.8 Å². The van der Waals surface area contributed by atoms with E-state index in [-0.39, 0.29) is 13.0 Å². The van der Waals surface area contributed by atoms with Gasteiger partial charge in [0.2, 0.25) is 6.41 Å². The highest BCUT2D eigenvalue weighted by atomic mass is 32.2. The van der Waals surface area contributed by atoms with Crippen molar-refractivity contribution in [1.29, 1.82) is 0 Å². The Labute approximate surface area is 140 Å². The lowest BCUT2D eigenvalue weighted by molar-refractivity contribution is -0.138. The Morgan fingerprint density at radius 1 is 1.35 bits per heavy atom. The molecule has 0 aromatic rings. The molecule has 0 saturated heterocycles. The van der Waals surface area contributed by atoms with E-state index >= 15 is 0 Å². The molecule has 0 unspecified atom stereocenters. The normalized spacial score (nSPS) is 14.7. The van der Waals surface area contributed by atoms with Crippen LogP contribution in [-0.4, -0.2) is 56.3 Å². The van der Waals surface area contributed by atoms with Crippen molar-refractivity contribution in [2.75, 3.05) is 33.1 Å². The van der Waals surface area contributed by atoms with Crippen molar-refractivity contribution in [3.8, 4) is 0 Å². The molecule has 1 heterocycles. The van der Waals surface area contributed by atoms with E-state index in [1.165, 1.54) is 18.9 Å². The molecule has 0 atom stereocenters. The highest BCUT2D eigenvalue weighted by Crippen LogP contribution is 2.36. The molecule has 0 aromatic heterocycles. The van der Waals surface area contributed by atoms with Crippen LogP contribution in [0.5, 0.6) is 0 Å². The minimum absolute atomic E-state index is 0.172. The Bertz CT molecular complexity index is 542. The van der Waals surface area contributed by atoms with E-state index in [1.807, 2.05) is 0 Å². The van der Waals surface area contributed by atoms with Crippen LogP contribution in [0.15, 0.2) is 21.9 Å². The Morgan fingerprint density at radius 2 is 2.04 bits per heavy atom. The maximum Gasteiger partial charge on any atom is 0.337 e. The Hall–Kier alpha value is -1.96. The van der Waals surface area contributed by atoms with Crippen LogP contribution in [-0.2, 0) is 23.9 Å². The number of nitrogens with zero attached hydrogens (tertiary/aromatic N) is 1. The van der Waals surface area contributed by atoms with Gasteiger partial charge in [0, 0.05) is 31.5 Å². The molecule has 0 fully saturated rings. The van der Waals surface area contributed by atoms with Crippen LogP contribution in [0.25, 0.3) is 0 Å². The quantitative estimate of drug-likeness (QED) is 0.400. The first-order valence-electron chi connectivity index (χ1n) is 7.19. The summed E-state index contributed by atoms with van der Waals surface area (Å²) in [6.07, 6.45) is 0.803. The number of hydrogen-bond acceptors (Lipinski definition) is 7. The summed E-state index contributed by atoms with van der Waals surface area (Å²) in [5, 5.41) is 3.30. The summed E-state index contributed by atoms with van der Waals surface area (Å²) in [7, 11) is 3.10. The molecule has 0 bridgehead atoms. The van der Waals surface area contributed by atoms with Crippen LogP contribution in [0.3, 0.4) is 0 Å². The van der Waals surface area contributed by atoms with Crippen molar-refractivity contribution in [1.82, 2.24) is 10.2 Å². The molecule has 23 heavy (non-hydrogen) atoms. The van der Waals surface area contributed by atoms with Crippen molar-refractivity contribution in [2.24, 2.45) is 0 Å². The van der Waals surface area contributed by atoms with Gasteiger partial charge in [-0.25, -0.2) is 9.59 Å². The summed E-state index contributed by atoms with van der Waals surface area (Å²) in [6.45, 7) is 4.27. The Balaban J connectivity index is 3.07. The fourth-order valence-electron chi connectivity index (χ4n) is 2.11. The predicted molar refractivity (Wildman–Crippen MR) is 87.3 cm³/mol. The smallest absolute Gasteiger partial charge is 0.337 e. The lowest BCUT2D eigenvalue weighted by atomic mass is 10.0. The molecule has 7 nitrogen and oxygen atoms in total. The molecule has 0 saturated carbocycles. The number of allylic oxidation sites excluding steroid dienone is 1. The highest BCUT2D eigenvalue weighted by Gasteiger charge is 2.31. The van der Waals surface area contributed by atoms with Crippen LogP contribution in [0.4, 0.5) is 0 Å². The monoisotopic (exact) mass is 342 g/mol. The lowest BCUT2D eigenvalue weighted by Gasteiger charge is -2.31. The molecule has 128 valence electrons. The van der Waals surface area contributed by atoms with Crippen molar-refractivity contribution in [2.45, 2.75) is 20.3 Å². The number of ether oxygens (including phenoxy) is 2. The molecule has 1 N–H and O–H groups in total. The van der Waals surface area contributed by atoms with Gasteiger partial charge < -0.3 is 19.7 Å². The lowest BCUT2D eigenvalue weighted by Crippen LogP contribution is -2.29. The van der Waals surface area contributed by atoms with Gasteiger partial charge in [-0.1, -0.05) is 0 Å². The third kappa shape index (κ3) is 4.75. The summed E-state index contributed by atoms with van der Waals surface area (Å²) in [6, 6.07) is 0. The molecule has 0 radical (unpaired) electrons. The zero-order valence-corrected chi connectivity index (χ0v) is 14.6. The van der Waals surface area contributed by atoms with Gasteiger partial charge in [-0.15, -0.1) is 11.8 Å². The van der Waals surface area contributed by atoms with Gasteiger partial charge in [-0.3, -0.25) is 4.79 Å². The molecule has 1 aliphatic heterocycles. The first-order valence-corrected chi connectivity index (χ1v) is 8.18. The van der Waals surface area contributed by atoms with Crippen molar-refractivity contribution < 1.29 is 23.9 Å². The standard InChI is InChI=1S/C15H22N2O5S/c1-5-22-15(20)12-8-11(14(19)21-4)10(2)17(3)13(12)23-7-6-16-9-18/h9H,5-8H2,1-4H3,(H,16,18). The molecule has 0 aromatic carbocycles. The van der Waals surface area contributed by atoms with Crippen molar-refractivity contribution in [3.63, 3.8) is 0 Å². The second-order valence-corrected chi connectivity index (χ2v) is 5.80. The number of thioether (sulfide) groups is 1. The van der Waals surface area contributed by atoms with E-state index in [9.17, 15) is 14.4 Å². The highest BCUT2D eigenvalue weighted by molar-refractivity contribution is 8.03. The van der Waals surface area contributed by atoms with Gasteiger partial charge in [-0.2, -0.15) is 0 Å². The van der Waals surface area contributed by atoms with E-state index in [0.29, 0.717) is 29.9 Å².